The molecule has 0 aromatic heterocycles. The van der Waals surface area contributed by atoms with Gasteiger partial charge in [-0.1, -0.05) is 25.5 Å². The minimum absolute atomic E-state index is 0.0198. The van der Waals surface area contributed by atoms with Crippen LogP contribution < -0.4 is 28.7 Å². The molecule has 22 heteroatoms. The van der Waals surface area contributed by atoms with Gasteiger partial charge >= 0.3 is 11.9 Å². The van der Waals surface area contributed by atoms with Gasteiger partial charge in [0.1, 0.15) is 48.8 Å². The number of ether oxygens (including phenoxy) is 6. The van der Waals surface area contributed by atoms with Gasteiger partial charge in [0.2, 0.25) is 5.78 Å². The van der Waals surface area contributed by atoms with Gasteiger partial charge in [0, 0.05) is 35.4 Å². The molecule has 2 saturated heterocycles. The van der Waals surface area contributed by atoms with Crippen LogP contribution in [0.5, 0.6) is 0 Å². The van der Waals surface area contributed by atoms with Crippen molar-refractivity contribution in [1.82, 2.24) is 0 Å². The quantitative estimate of drug-likeness (QED) is 0.0798. The fraction of sp³-hybridized carbons (Fsp3) is 0.818. The minimum Gasteiger partial charge on any atom is -0.463 e. The summed E-state index contributed by atoms with van der Waals surface area (Å²) < 4.78 is 51.4. The molecule has 372 valence electrons. The molecule has 7 aliphatic rings. The van der Waals surface area contributed by atoms with E-state index in [1.807, 2.05) is 0 Å². The number of ketones is 2. The Morgan fingerprint density at radius 2 is 1.45 bits per heavy atom. The molecule has 16 N–H and O–H groups in total. The third-order valence-corrected chi connectivity index (χ3v) is 16.2. The van der Waals surface area contributed by atoms with E-state index < -0.39 is 175 Å². The number of carbonyl (C=O) groups excluding carboxylic acids is 4. The molecule has 66 heavy (non-hydrogen) atoms. The first kappa shape index (κ1) is 51.0. The molecule has 4 saturated carbocycles. The first-order chi connectivity index (χ1) is 30.9. The lowest BCUT2D eigenvalue weighted by molar-refractivity contribution is -0.315. The summed E-state index contributed by atoms with van der Waals surface area (Å²) in [5, 5.41) is 67.1. The number of rotatable bonds is 13. The van der Waals surface area contributed by atoms with Gasteiger partial charge in [0.15, 0.2) is 30.6 Å². The normalized spacial score (nSPS) is 49.0. The summed E-state index contributed by atoms with van der Waals surface area (Å²) in [6.45, 7) is 3.52. The smallest absolute Gasteiger partial charge is 0.306 e. The Balaban J connectivity index is 0.901. The van der Waals surface area contributed by atoms with E-state index >= 15 is 4.39 Å². The third kappa shape index (κ3) is 8.61. The molecule has 0 bridgehead atoms. The van der Waals surface area contributed by atoms with Crippen molar-refractivity contribution in [2.45, 2.75) is 175 Å². The molecule has 0 aromatic rings. The van der Waals surface area contributed by atoms with Gasteiger partial charge in [-0.05, 0) is 69.4 Å². The third-order valence-electron chi connectivity index (χ3n) is 16.2. The van der Waals surface area contributed by atoms with Crippen LogP contribution in [0.2, 0.25) is 0 Å². The van der Waals surface area contributed by atoms with Gasteiger partial charge in [-0.2, -0.15) is 0 Å². The monoisotopic (exact) mass is 941 g/mol. The molecule has 21 nitrogen and oxygen atoms in total. The molecule has 2 aliphatic heterocycles. The Hall–Kier alpha value is -2.91. The van der Waals surface area contributed by atoms with E-state index in [1.54, 1.807) is 20.8 Å². The van der Waals surface area contributed by atoms with Gasteiger partial charge in [0.05, 0.1) is 43.2 Å². The van der Waals surface area contributed by atoms with Crippen molar-refractivity contribution in [2.75, 3.05) is 19.8 Å². The van der Waals surface area contributed by atoms with Crippen molar-refractivity contribution < 1.29 is 82.6 Å². The second kappa shape index (κ2) is 19.1. The van der Waals surface area contributed by atoms with Crippen LogP contribution in [0.4, 0.5) is 4.39 Å². The highest BCUT2D eigenvalue weighted by Gasteiger charge is 2.75. The van der Waals surface area contributed by atoms with Crippen molar-refractivity contribution in [2.24, 2.45) is 57.3 Å². The molecule has 0 amide bonds. The molecule has 0 aromatic carbocycles. The molecule has 22 atom stereocenters. The maximum absolute atomic E-state index is 17.5. The number of Topliss-reactive ketones (excluding diaryl/α,β-unsaturated/α-hetero) is 1. The van der Waals surface area contributed by atoms with E-state index in [1.165, 1.54) is 18.2 Å². The molecule has 5 aliphatic carbocycles. The topological polar surface area (TPSA) is 375 Å². The molecule has 0 spiro atoms. The van der Waals surface area contributed by atoms with Gasteiger partial charge in [0.25, 0.3) is 0 Å². The number of alkyl halides is 1. The molecule has 2 heterocycles. The van der Waals surface area contributed by atoms with Crippen molar-refractivity contribution in [3.63, 3.8) is 0 Å². The van der Waals surface area contributed by atoms with Gasteiger partial charge in [-0.3, -0.25) is 19.2 Å². The fourth-order valence-corrected chi connectivity index (χ4v) is 12.3. The van der Waals surface area contributed by atoms with Crippen molar-refractivity contribution in [3.05, 3.63) is 23.8 Å². The maximum atomic E-state index is 17.5. The van der Waals surface area contributed by atoms with Crippen LogP contribution in [0.3, 0.4) is 0 Å². The summed E-state index contributed by atoms with van der Waals surface area (Å²) in [7, 11) is 0. The number of esters is 2. The molecule has 2 unspecified atom stereocenters. The van der Waals surface area contributed by atoms with E-state index in [2.05, 4.69) is 0 Å². The Morgan fingerprint density at radius 3 is 2.11 bits per heavy atom. The van der Waals surface area contributed by atoms with Crippen molar-refractivity contribution in [1.29, 1.82) is 0 Å². The van der Waals surface area contributed by atoms with Crippen LogP contribution >= 0.6 is 0 Å². The van der Waals surface area contributed by atoms with Gasteiger partial charge in [-0.15, -0.1) is 0 Å². The Morgan fingerprint density at radius 1 is 0.833 bits per heavy atom. The highest BCUT2D eigenvalue weighted by molar-refractivity contribution is 6.01. The lowest BCUT2D eigenvalue weighted by atomic mass is 9.44. The van der Waals surface area contributed by atoms with E-state index in [0.29, 0.717) is 18.4 Å². The number of hydrogen-bond donors (Lipinski definition) is 11. The number of hydrogen-bond acceptors (Lipinski definition) is 21. The van der Waals surface area contributed by atoms with E-state index in [9.17, 15) is 49.8 Å². The maximum Gasteiger partial charge on any atom is 0.306 e. The highest BCUT2D eigenvalue weighted by Crippen LogP contribution is 2.70. The van der Waals surface area contributed by atoms with E-state index in [4.69, 9.17) is 57.1 Å². The lowest BCUT2D eigenvalue weighted by Gasteiger charge is -2.62. The number of aliphatic hydroxyl groups excluding tert-OH is 5. The zero-order valence-electron chi connectivity index (χ0n) is 37.4. The van der Waals surface area contributed by atoms with Crippen LogP contribution in [-0.2, 0) is 47.6 Å². The molecule has 0 radical (unpaired) electrons. The second-order valence-corrected chi connectivity index (χ2v) is 20.0. The fourth-order valence-electron chi connectivity index (χ4n) is 12.3. The predicted molar refractivity (Wildman–Crippen MR) is 225 cm³/mol. The van der Waals surface area contributed by atoms with Crippen LogP contribution in [0, 0.1) is 28.6 Å². The van der Waals surface area contributed by atoms with E-state index in [-0.39, 0.29) is 38.0 Å². The molecular weight excluding hydrogens is 874 g/mol. The van der Waals surface area contributed by atoms with Gasteiger partial charge in [-0.25, -0.2) is 4.39 Å². The summed E-state index contributed by atoms with van der Waals surface area (Å²) >= 11 is 0. The van der Waals surface area contributed by atoms with E-state index in [0.717, 1.165) is 0 Å². The number of nitrogens with two attached hydrogens (primary N) is 5. The Kier molecular flexibility index (Phi) is 14.8. The standard InChI is InChI=1S/C44H68FN5O16/c1-18-10-22-21-5-4-19-11-20(51)8-9-41(19,2)43(21,45)29(53)14-42(22,3)44(18,60)30(54)17-62-32(56)7-6-31(55)61-16-28-34(57)33(50)35(58)40(64-28)66-38-24(48)12-23(47)37(36(38)59)65-39-25(49)13-26(52)27(15-46)63-39/h8-9,11,18,21-29,33-40,52-53,57-60H,4-7,10,12-17,46-50H2,1-3H3/t18-,21?,22?,23+,24-,25-,26+,27-,28-,29+,33+,34-,35-,36+,37-,38+,39-,40-,41+,42+,43+,44+/m1/s1. The summed E-state index contributed by atoms with van der Waals surface area (Å²) in [5.41, 5.74) is 24.4. The lowest BCUT2D eigenvalue weighted by Crippen LogP contribution is -2.69. The zero-order valence-corrected chi connectivity index (χ0v) is 37.4. The summed E-state index contributed by atoms with van der Waals surface area (Å²) in [6, 6.07) is -3.90. The molecule has 6 fully saturated rings. The molecular formula is C44H68FN5O16. The first-order valence-corrected chi connectivity index (χ1v) is 22.9. The highest BCUT2D eigenvalue weighted by atomic mass is 19.1. The number of halogens is 1. The second-order valence-electron chi connectivity index (χ2n) is 20.0. The molecule has 7 rings (SSSR count). The SMILES string of the molecule is C[C@@H]1CC2C3CCC4=CC(=O)C=C[C@]4(C)[C@@]3(F)[C@@H](O)C[C@]2(C)[C@@]1(O)C(=O)COC(=O)CCC(=O)OC[C@H]1O[C@H](O[C@@H]2[C@@H](O)[C@H](O[C@H]3O[C@H](CN)[C@@H](O)C[C@H]3N)[C@@H](N)C[C@H]2N)[C@H](O)[C@@H](N)[C@@H]1O. The van der Waals surface area contributed by atoms with Crippen molar-refractivity contribution >= 4 is 23.5 Å². The number of carbonyl (C=O) groups is 4. The largest absolute Gasteiger partial charge is 0.463 e. The summed E-state index contributed by atoms with van der Waals surface area (Å²) in [5.74, 6) is -4.93. The predicted octanol–water partition coefficient (Wildman–Crippen LogP) is -3.50. The van der Waals surface area contributed by atoms with Crippen LogP contribution in [0.15, 0.2) is 23.8 Å². The number of fused-ring (bicyclic) bond motifs is 5. The number of aliphatic hydroxyl groups is 6. The van der Waals surface area contributed by atoms with Crippen molar-refractivity contribution in [3.8, 4) is 0 Å². The van der Waals surface area contributed by atoms with Crippen LogP contribution in [0.1, 0.15) is 72.1 Å². The van der Waals surface area contributed by atoms with Crippen LogP contribution in [-0.4, -0.2) is 177 Å². The average molecular weight is 942 g/mol. The Bertz CT molecular complexity index is 1920. The number of allylic oxidation sites excluding steroid dienone is 4. The minimum atomic E-state index is -2.16. The van der Waals surface area contributed by atoms with Crippen LogP contribution in [0.25, 0.3) is 0 Å². The van der Waals surface area contributed by atoms with Gasteiger partial charge < -0.3 is 87.7 Å². The Labute approximate surface area is 381 Å². The zero-order chi connectivity index (χ0) is 48.4. The summed E-state index contributed by atoms with van der Waals surface area (Å²) in [4.78, 5) is 51.7. The first-order valence-electron chi connectivity index (χ1n) is 22.9. The summed E-state index contributed by atoms with van der Waals surface area (Å²) in [6.07, 6.45) is -10.4. The average Bonchev–Trinajstić information content (AvgIpc) is 3.46.